The van der Waals surface area contributed by atoms with Gasteiger partial charge in [0.05, 0.1) is 13.2 Å². The summed E-state index contributed by atoms with van der Waals surface area (Å²) in [5.41, 5.74) is 2.55. The van der Waals surface area contributed by atoms with Gasteiger partial charge >= 0.3 is 20.9 Å². The highest BCUT2D eigenvalue weighted by Crippen LogP contribution is 2.55. The largest absolute Gasteiger partial charge is 0.387 e. The van der Waals surface area contributed by atoms with Gasteiger partial charge in [-0.25, -0.2) is 10.3 Å². The van der Waals surface area contributed by atoms with E-state index in [2.05, 4.69) is 15.0 Å². The molecule has 3 rings (SSSR count). The molecule has 0 saturated carbocycles. The lowest BCUT2D eigenvalue weighted by atomic mass is 10.1. The lowest BCUT2D eigenvalue weighted by molar-refractivity contribution is -0.0523. The molecule has 6 N–H and O–H groups in total. The Labute approximate surface area is 187 Å². The summed E-state index contributed by atoms with van der Waals surface area (Å²) in [6.07, 6.45) is -4.76. The fourth-order valence-corrected chi connectivity index (χ4v) is 5.56. The molecule has 1 aliphatic rings. The van der Waals surface area contributed by atoms with E-state index in [0.717, 1.165) is 10.1 Å². The van der Waals surface area contributed by atoms with Gasteiger partial charge in [0.2, 0.25) is 0 Å². The maximum absolute atomic E-state index is 12.4. The van der Waals surface area contributed by atoms with Crippen LogP contribution in [0.15, 0.2) is 47.4 Å². The molecule has 182 valence electrons. The Morgan fingerprint density at radius 3 is 2.42 bits per heavy atom. The van der Waals surface area contributed by atoms with Crippen molar-refractivity contribution in [1.29, 1.82) is 0 Å². The molecule has 1 aliphatic heterocycles. The first-order valence-corrected chi connectivity index (χ1v) is 13.0. The lowest BCUT2D eigenvalue weighted by Gasteiger charge is -2.18. The van der Waals surface area contributed by atoms with E-state index in [1.807, 2.05) is 30.3 Å². The van der Waals surface area contributed by atoms with Crippen LogP contribution in [0.5, 0.6) is 0 Å². The molecule has 1 saturated heterocycles. The average Bonchev–Trinajstić information content (AvgIpc) is 3.00. The van der Waals surface area contributed by atoms with Crippen molar-refractivity contribution in [3.05, 3.63) is 58.6 Å². The summed E-state index contributed by atoms with van der Waals surface area (Å²) in [6, 6.07) is 10.6. The van der Waals surface area contributed by atoms with Gasteiger partial charge in [0.1, 0.15) is 18.3 Å². The van der Waals surface area contributed by atoms with E-state index >= 15 is 0 Å². The van der Waals surface area contributed by atoms with Crippen LogP contribution in [0.2, 0.25) is 0 Å². The molecule has 1 fully saturated rings. The topological polar surface area (TPSA) is 210 Å². The monoisotopic (exact) mass is 507 g/mol. The zero-order valence-corrected chi connectivity index (χ0v) is 18.7. The van der Waals surface area contributed by atoms with Crippen LogP contribution in [0.1, 0.15) is 11.8 Å². The van der Waals surface area contributed by atoms with Gasteiger partial charge in [-0.1, -0.05) is 30.3 Å². The van der Waals surface area contributed by atoms with Crippen molar-refractivity contribution in [2.45, 2.75) is 31.1 Å². The van der Waals surface area contributed by atoms with Gasteiger partial charge < -0.3 is 34.2 Å². The van der Waals surface area contributed by atoms with E-state index in [1.54, 1.807) is 0 Å². The van der Waals surface area contributed by atoms with E-state index in [9.17, 15) is 29.0 Å². The van der Waals surface area contributed by atoms with E-state index < -0.39 is 57.9 Å². The van der Waals surface area contributed by atoms with Crippen molar-refractivity contribution in [1.82, 2.24) is 9.55 Å². The summed E-state index contributed by atoms with van der Waals surface area (Å²) in [7, 11) is -9.53. The number of aliphatic hydroxyl groups is 2. The molecule has 0 radical (unpaired) electrons. The van der Waals surface area contributed by atoms with Crippen LogP contribution in [0.4, 0.5) is 5.82 Å². The predicted molar refractivity (Wildman–Crippen MR) is 112 cm³/mol. The van der Waals surface area contributed by atoms with Crippen LogP contribution in [0, 0.1) is 0 Å². The van der Waals surface area contributed by atoms with Gasteiger partial charge in [-0.2, -0.15) is 4.98 Å². The molecule has 3 unspecified atom stereocenters. The molecule has 16 heteroatoms. The first kappa shape index (κ1) is 25.7. The van der Waals surface area contributed by atoms with Crippen LogP contribution in [0.3, 0.4) is 0 Å². The maximum Gasteiger partial charge on any atom is 0.351 e. The number of nitrogens with one attached hydrogen (secondary N) is 1. The summed E-state index contributed by atoms with van der Waals surface area (Å²) < 4.78 is 33.5. The van der Waals surface area contributed by atoms with Gasteiger partial charge in [0.15, 0.2) is 17.9 Å². The van der Waals surface area contributed by atoms with Crippen LogP contribution < -0.4 is 11.2 Å². The summed E-state index contributed by atoms with van der Waals surface area (Å²) in [6.45, 7) is -0.557. The van der Waals surface area contributed by atoms with Crippen LogP contribution in [-0.4, -0.2) is 65.3 Å². The van der Waals surface area contributed by atoms with Crippen molar-refractivity contribution in [2.75, 3.05) is 18.0 Å². The minimum absolute atomic E-state index is 0.0822. The Kier molecular flexibility index (Phi) is 8.19. The van der Waals surface area contributed by atoms with Crippen LogP contribution >= 0.6 is 15.2 Å². The third kappa shape index (κ3) is 7.26. The Bertz CT molecular complexity index is 1090. The van der Waals surface area contributed by atoms with Crippen molar-refractivity contribution in [2.24, 2.45) is 0 Å². The molecule has 33 heavy (non-hydrogen) atoms. The fourth-order valence-electron chi connectivity index (χ4n) is 2.99. The number of ether oxygens (including phenoxy) is 1. The summed E-state index contributed by atoms with van der Waals surface area (Å²) in [5, 5.41) is 20.4. The third-order valence-electron chi connectivity index (χ3n) is 4.50. The first-order chi connectivity index (χ1) is 15.5. The quantitative estimate of drug-likeness (QED) is 0.181. The molecular weight excluding hydrogens is 484 g/mol. The molecule has 2 heterocycles. The Morgan fingerprint density at radius 1 is 1.09 bits per heavy atom. The number of aromatic nitrogens is 2. The van der Waals surface area contributed by atoms with E-state index in [-0.39, 0.29) is 12.4 Å². The third-order valence-corrected chi connectivity index (χ3v) is 7.96. The smallest absolute Gasteiger partial charge is 0.351 e. The number of benzene rings is 1. The van der Waals surface area contributed by atoms with Crippen LogP contribution in [-0.2, 0) is 29.8 Å². The lowest BCUT2D eigenvalue weighted by Crippen LogP contribution is -2.36. The molecule has 0 bridgehead atoms. The Balaban J connectivity index is 1.60. The normalized spacial score (nSPS) is 25.0. The number of aliphatic hydroxyl groups excluding tert-OH is 2. The number of hydrogen-bond donors (Lipinski definition) is 6. The summed E-state index contributed by atoms with van der Waals surface area (Å²) in [4.78, 5) is 48.6. The van der Waals surface area contributed by atoms with Gasteiger partial charge in [-0.3, -0.25) is 18.5 Å². The van der Waals surface area contributed by atoms with Gasteiger partial charge in [-0.05, 0) is 11.6 Å². The zero-order valence-electron chi connectivity index (χ0n) is 16.9. The van der Waals surface area contributed by atoms with Crippen molar-refractivity contribution < 1.29 is 48.1 Å². The average molecular weight is 507 g/mol. The van der Waals surface area contributed by atoms with Crippen LogP contribution in [0.25, 0.3) is 0 Å². The highest BCUT2D eigenvalue weighted by Gasteiger charge is 2.45. The number of hydrogen-bond acceptors (Lipinski definition) is 10. The van der Waals surface area contributed by atoms with Crippen molar-refractivity contribution >= 4 is 21.0 Å². The maximum atomic E-state index is 12.4. The van der Waals surface area contributed by atoms with Crippen molar-refractivity contribution in [3.63, 3.8) is 0 Å². The fraction of sp³-hybridized carbons (Fsp3) is 0.412. The minimum atomic E-state index is -4.83. The second-order valence-corrected chi connectivity index (χ2v) is 11.2. The number of rotatable bonds is 10. The second kappa shape index (κ2) is 10.5. The number of anilines is 1. The van der Waals surface area contributed by atoms with Gasteiger partial charge in [0.25, 0.3) is 0 Å². The van der Waals surface area contributed by atoms with E-state index in [4.69, 9.17) is 19.4 Å². The number of nitrogens with zero attached hydrogens (tertiary/aromatic N) is 2. The molecular formula is C17H23N3O11P2. The molecule has 1 aromatic heterocycles. The van der Waals surface area contributed by atoms with Gasteiger partial charge in [-0.15, -0.1) is 0 Å². The Morgan fingerprint density at radius 2 is 1.79 bits per heavy atom. The van der Waals surface area contributed by atoms with E-state index in [0.29, 0.717) is 0 Å². The molecule has 0 spiro atoms. The molecule has 0 amide bonds. The molecule has 5 atom stereocenters. The highest BCUT2D eigenvalue weighted by atomic mass is 31.2. The second-order valence-electron chi connectivity index (χ2n) is 7.16. The first-order valence-electron chi connectivity index (χ1n) is 9.49. The molecule has 14 nitrogen and oxygen atoms in total. The summed E-state index contributed by atoms with van der Waals surface area (Å²) in [5.74, 6) is -1.34. The highest BCUT2D eigenvalue weighted by molar-refractivity contribution is 7.70. The zero-order chi connectivity index (χ0) is 24.2. The predicted octanol–water partition coefficient (Wildman–Crippen LogP) is -0.257. The standard InChI is InChI=1S/C17H23N3O11P2/c21-14-12(9-30-33(27,28)10-32(24,25)26)31-16(15(14)22)20-7-6-13(18-17(20)23)19-29-8-11-4-2-1-3-5-11/h1-7,12,14-16,21-22H,8-10H2,(H,27,28)(H,18,19,23)(H2,24,25,26)/t12-,14?,15?,16-/m1/s1. The molecule has 2 aromatic rings. The van der Waals surface area contributed by atoms with Crippen molar-refractivity contribution in [3.8, 4) is 0 Å². The Hall–Kier alpha value is -1.96. The SMILES string of the molecule is O=c1nc(NOCc2ccccc2)ccn1[C@@H]1O[C@H](COP(=O)(O)CP(=O)(O)O)C(O)C1O. The molecule has 1 aromatic carbocycles. The van der Waals surface area contributed by atoms with E-state index in [1.165, 1.54) is 12.3 Å². The minimum Gasteiger partial charge on any atom is -0.387 e. The summed E-state index contributed by atoms with van der Waals surface area (Å²) >= 11 is 0. The van der Waals surface area contributed by atoms with Gasteiger partial charge in [0, 0.05) is 6.20 Å². The molecule has 0 aliphatic carbocycles.